The van der Waals surface area contributed by atoms with E-state index >= 15 is 0 Å². The first-order chi connectivity index (χ1) is 13.7. The van der Waals surface area contributed by atoms with Crippen molar-refractivity contribution in [3.05, 3.63) is 76.9 Å². The molecule has 0 bridgehead atoms. The van der Waals surface area contributed by atoms with Gasteiger partial charge in [-0.2, -0.15) is 10.2 Å². The number of benzene rings is 2. The molecule has 0 aliphatic carbocycles. The topological polar surface area (TPSA) is 74.6 Å². The molecule has 0 amide bonds. The number of nitrogen functional groups attached to an aromatic ring is 1. The molecule has 5 rings (SSSR count). The van der Waals surface area contributed by atoms with E-state index in [0.29, 0.717) is 15.3 Å². The number of aromatic nitrogens is 5. The van der Waals surface area contributed by atoms with Crippen LogP contribution < -0.4 is 5.73 Å². The van der Waals surface area contributed by atoms with Crippen LogP contribution in [0.5, 0.6) is 0 Å². The van der Waals surface area contributed by atoms with E-state index in [2.05, 4.69) is 10.2 Å². The van der Waals surface area contributed by atoms with E-state index in [1.54, 1.807) is 21.8 Å². The molecule has 3 aromatic heterocycles. The van der Waals surface area contributed by atoms with Gasteiger partial charge in [0.2, 0.25) is 0 Å². The van der Waals surface area contributed by atoms with Gasteiger partial charge in [0.15, 0.2) is 5.65 Å². The fraction of sp³-hybridized carbons (Fsp3) is 0. The number of rotatable bonds is 3. The quantitative estimate of drug-likeness (QED) is 0.445. The normalized spacial score (nSPS) is 11.1. The Bertz CT molecular complexity index is 1340. The molecule has 136 valence electrons. The molecule has 0 saturated heterocycles. The average molecular weight is 403 g/mol. The van der Waals surface area contributed by atoms with Gasteiger partial charge in [-0.15, -0.1) is 11.3 Å². The van der Waals surface area contributed by atoms with Gasteiger partial charge in [-0.1, -0.05) is 48.6 Å². The number of para-hydroxylation sites is 2. The molecule has 0 saturated carbocycles. The number of hydrogen-bond acceptors (Lipinski definition) is 6. The number of hydrogen-bond donors (Lipinski definition) is 1. The predicted octanol–water partition coefficient (Wildman–Crippen LogP) is 4.65. The molecule has 0 atom stereocenters. The van der Waals surface area contributed by atoms with Crippen LogP contribution in [-0.2, 0) is 0 Å². The second-order valence-corrected chi connectivity index (χ2v) is 7.79. The summed E-state index contributed by atoms with van der Waals surface area (Å²) in [6.45, 7) is 0. The molecule has 2 N–H and O–H groups in total. The van der Waals surface area contributed by atoms with Crippen molar-refractivity contribution >= 4 is 40.4 Å². The highest BCUT2D eigenvalue weighted by molar-refractivity contribution is 7.74. The molecule has 3 heterocycles. The molecule has 0 aliphatic rings. The maximum atomic E-state index is 6.40. The van der Waals surface area contributed by atoms with Crippen LogP contribution >= 0.6 is 23.6 Å². The van der Waals surface area contributed by atoms with Crippen molar-refractivity contribution in [2.45, 2.75) is 0 Å². The van der Waals surface area contributed by atoms with Gasteiger partial charge in [0.1, 0.15) is 14.6 Å². The van der Waals surface area contributed by atoms with Gasteiger partial charge >= 0.3 is 0 Å². The summed E-state index contributed by atoms with van der Waals surface area (Å²) >= 11 is 7.01. The van der Waals surface area contributed by atoms with E-state index in [9.17, 15) is 0 Å². The number of anilines is 1. The monoisotopic (exact) mass is 402 g/mol. The van der Waals surface area contributed by atoms with Crippen molar-refractivity contribution in [3.63, 3.8) is 0 Å². The Hall–Kier alpha value is -3.36. The van der Waals surface area contributed by atoms with E-state index in [0.717, 1.165) is 27.3 Å². The number of fused-ring (bicyclic) bond motifs is 1. The predicted molar refractivity (Wildman–Crippen MR) is 115 cm³/mol. The molecule has 5 aromatic rings. The van der Waals surface area contributed by atoms with Crippen molar-refractivity contribution in [1.82, 2.24) is 24.5 Å². The van der Waals surface area contributed by atoms with Crippen LogP contribution in [0, 0.1) is 3.82 Å². The van der Waals surface area contributed by atoms with Crippen molar-refractivity contribution in [2.75, 3.05) is 5.73 Å². The second-order valence-electron chi connectivity index (χ2n) is 6.13. The summed E-state index contributed by atoms with van der Waals surface area (Å²) in [4.78, 5) is 4.83. The summed E-state index contributed by atoms with van der Waals surface area (Å²) in [5.41, 5.74) is 9.67. The Balaban J connectivity index is 1.69. The lowest BCUT2D eigenvalue weighted by atomic mass is 10.3. The summed E-state index contributed by atoms with van der Waals surface area (Å²) in [7, 11) is 0. The molecule has 0 fully saturated rings. The molecule has 0 radical (unpaired) electrons. The largest absolute Gasteiger partial charge is 0.383 e. The highest BCUT2D eigenvalue weighted by Crippen LogP contribution is 2.32. The molecule has 28 heavy (non-hydrogen) atoms. The van der Waals surface area contributed by atoms with Crippen molar-refractivity contribution < 1.29 is 0 Å². The summed E-state index contributed by atoms with van der Waals surface area (Å²) in [6, 6.07) is 19.6. The van der Waals surface area contributed by atoms with Gasteiger partial charge in [0, 0.05) is 0 Å². The van der Waals surface area contributed by atoms with Gasteiger partial charge < -0.3 is 5.73 Å². The lowest BCUT2D eigenvalue weighted by Crippen LogP contribution is -2.02. The molecule has 6 nitrogen and oxygen atoms in total. The van der Waals surface area contributed by atoms with Crippen molar-refractivity contribution in [1.29, 1.82) is 0 Å². The zero-order chi connectivity index (χ0) is 19.1. The van der Waals surface area contributed by atoms with E-state index < -0.39 is 0 Å². The third-order valence-electron chi connectivity index (χ3n) is 4.40. The molecule has 2 aromatic carbocycles. The van der Waals surface area contributed by atoms with Crippen LogP contribution in [0.1, 0.15) is 0 Å². The molecule has 8 heteroatoms. The van der Waals surface area contributed by atoms with Crippen LogP contribution in [-0.4, -0.2) is 24.5 Å². The molecular weight excluding hydrogens is 388 g/mol. The van der Waals surface area contributed by atoms with Crippen molar-refractivity contribution in [3.8, 4) is 21.9 Å². The third kappa shape index (κ3) is 2.70. The van der Waals surface area contributed by atoms with Crippen LogP contribution in [0.4, 0.5) is 5.82 Å². The zero-order valence-electron chi connectivity index (χ0n) is 14.6. The van der Waals surface area contributed by atoms with E-state index in [1.165, 1.54) is 11.3 Å². The highest BCUT2D eigenvalue weighted by Gasteiger charge is 2.16. The highest BCUT2D eigenvalue weighted by atomic mass is 32.1. The summed E-state index contributed by atoms with van der Waals surface area (Å²) < 4.78 is 4.21. The Kier molecular flexibility index (Phi) is 4.00. The van der Waals surface area contributed by atoms with Gasteiger partial charge in [0.05, 0.1) is 34.7 Å². The smallest absolute Gasteiger partial charge is 0.166 e. The minimum Gasteiger partial charge on any atom is -0.383 e. The maximum absolute atomic E-state index is 6.40. The molecular formula is C20H14N6S2. The van der Waals surface area contributed by atoms with Crippen LogP contribution in [0.3, 0.4) is 0 Å². The lowest BCUT2D eigenvalue weighted by molar-refractivity contribution is 0.891. The number of nitrogens with two attached hydrogens (primary N) is 1. The van der Waals surface area contributed by atoms with E-state index in [1.807, 2.05) is 60.7 Å². The Morgan fingerprint density at radius 3 is 2.11 bits per heavy atom. The first kappa shape index (κ1) is 16.8. The fourth-order valence-corrected chi connectivity index (χ4v) is 4.24. The third-order valence-corrected chi connectivity index (χ3v) is 5.78. The average Bonchev–Trinajstić information content (AvgIpc) is 3.33. The second kappa shape index (κ2) is 6.66. The summed E-state index contributed by atoms with van der Waals surface area (Å²) in [5.74, 6) is 0.523. The summed E-state index contributed by atoms with van der Waals surface area (Å²) in [6.07, 6.45) is 3.49. The molecule has 0 spiro atoms. The standard InChI is InChI=1S/C20H14N6S2/c21-17-15(11-22-25(17)13-7-3-1-4-8-13)19-24-18-16(20(27)28-19)12-23-26(18)14-9-5-2-6-10-14/h1-12H,21H2. The van der Waals surface area contributed by atoms with Crippen LogP contribution in [0.2, 0.25) is 0 Å². The van der Waals surface area contributed by atoms with Crippen LogP contribution in [0.25, 0.3) is 33.0 Å². The number of nitrogens with zero attached hydrogens (tertiary/aromatic N) is 5. The van der Waals surface area contributed by atoms with E-state index in [4.69, 9.17) is 22.9 Å². The Labute approximate surface area is 169 Å². The summed E-state index contributed by atoms with van der Waals surface area (Å²) in [5, 5.41) is 10.5. The SMILES string of the molecule is Nc1c(-c2nc3c(cnn3-c3ccccc3)c(=S)s2)cnn1-c1ccccc1. The van der Waals surface area contributed by atoms with Gasteiger partial charge in [0.25, 0.3) is 0 Å². The Morgan fingerprint density at radius 2 is 1.43 bits per heavy atom. The van der Waals surface area contributed by atoms with Crippen molar-refractivity contribution in [2.24, 2.45) is 0 Å². The first-order valence-corrected chi connectivity index (χ1v) is 9.78. The first-order valence-electron chi connectivity index (χ1n) is 8.56. The van der Waals surface area contributed by atoms with E-state index in [-0.39, 0.29) is 0 Å². The molecule has 0 unspecified atom stereocenters. The van der Waals surface area contributed by atoms with Gasteiger partial charge in [-0.25, -0.2) is 14.3 Å². The Morgan fingerprint density at radius 1 is 0.821 bits per heavy atom. The zero-order valence-corrected chi connectivity index (χ0v) is 16.2. The maximum Gasteiger partial charge on any atom is 0.166 e. The minimum atomic E-state index is 0.523. The molecule has 0 aliphatic heterocycles. The van der Waals surface area contributed by atoms with Gasteiger partial charge in [-0.3, -0.25) is 0 Å². The van der Waals surface area contributed by atoms with Crippen LogP contribution in [0.15, 0.2) is 73.1 Å². The van der Waals surface area contributed by atoms with Gasteiger partial charge in [-0.05, 0) is 24.3 Å². The minimum absolute atomic E-state index is 0.523. The fourth-order valence-electron chi connectivity index (χ4n) is 3.03. The lowest BCUT2D eigenvalue weighted by Gasteiger charge is -2.06.